The highest BCUT2D eigenvalue weighted by atomic mass is 32.1. The lowest BCUT2D eigenvalue weighted by Crippen LogP contribution is -2.12. The summed E-state index contributed by atoms with van der Waals surface area (Å²) in [7, 11) is 1.85. The molecule has 0 aliphatic heterocycles. The molecule has 0 bridgehead atoms. The summed E-state index contributed by atoms with van der Waals surface area (Å²) in [5.41, 5.74) is 4.39. The van der Waals surface area contributed by atoms with E-state index < -0.39 is 0 Å². The van der Waals surface area contributed by atoms with Crippen molar-refractivity contribution in [2.24, 2.45) is 0 Å². The van der Waals surface area contributed by atoms with E-state index in [1.165, 1.54) is 0 Å². The number of carbonyl (C=O) groups is 1. The minimum absolute atomic E-state index is 0.0229. The maximum atomic E-state index is 12.3. The summed E-state index contributed by atoms with van der Waals surface area (Å²) in [5, 5.41) is 10.1. The molecule has 2 heterocycles. The van der Waals surface area contributed by atoms with Gasteiger partial charge in [-0.2, -0.15) is 0 Å². The lowest BCUT2D eigenvalue weighted by molar-refractivity contribution is -0.116. The number of nitrogens with zero attached hydrogens (tertiary/aromatic N) is 3. The molecule has 4 aromatic rings. The van der Waals surface area contributed by atoms with E-state index in [4.69, 9.17) is 0 Å². The Balaban J connectivity index is 1.41. The number of nitrogens with one attached hydrogen (secondary N) is 3. The summed E-state index contributed by atoms with van der Waals surface area (Å²) >= 11 is 1.55. The summed E-state index contributed by atoms with van der Waals surface area (Å²) in [6, 6.07) is 19.4. The van der Waals surface area contributed by atoms with Crippen molar-refractivity contribution in [3.8, 4) is 10.6 Å². The summed E-state index contributed by atoms with van der Waals surface area (Å²) in [4.78, 5) is 26.8. The zero-order valence-corrected chi connectivity index (χ0v) is 18.7. The molecule has 0 radical (unpaired) electrons. The van der Waals surface area contributed by atoms with Crippen molar-refractivity contribution in [3.05, 3.63) is 78.1 Å². The third-order valence-corrected chi connectivity index (χ3v) is 5.98. The third-order valence-electron chi connectivity index (χ3n) is 4.78. The van der Waals surface area contributed by atoms with Gasteiger partial charge in [0, 0.05) is 31.0 Å². The molecular formula is C24H24N6OS. The van der Waals surface area contributed by atoms with E-state index in [9.17, 15) is 4.79 Å². The Morgan fingerprint density at radius 3 is 2.59 bits per heavy atom. The van der Waals surface area contributed by atoms with Crippen molar-refractivity contribution in [3.63, 3.8) is 0 Å². The maximum absolute atomic E-state index is 12.3. The SMILES string of the molecule is CNc1nc(C)c(-c2ccnc(Nc3cccc(NC(=O)CCc4ccccc4)c3)n2)s1. The van der Waals surface area contributed by atoms with Gasteiger partial charge in [-0.1, -0.05) is 47.7 Å². The molecule has 8 heteroatoms. The second-order valence-electron chi connectivity index (χ2n) is 7.19. The van der Waals surface area contributed by atoms with E-state index in [1.54, 1.807) is 17.5 Å². The third kappa shape index (κ3) is 5.47. The first-order chi connectivity index (χ1) is 15.6. The average molecular weight is 445 g/mol. The van der Waals surface area contributed by atoms with Crippen molar-refractivity contribution < 1.29 is 4.79 Å². The van der Waals surface area contributed by atoms with Crippen molar-refractivity contribution in [2.45, 2.75) is 19.8 Å². The summed E-state index contributed by atoms with van der Waals surface area (Å²) < 4.78 is 0. The zero-order chi connectivity index (χ0) is 22.3. The van der Waals surface area contributed by atoms with Crippen LogP contribution < -0.4 is 16.0 Å². The number of carbonyl (C=O) groups excluding carboxylic acids is 1. The minimum Gasteiger partial charge on any atom is -0.365 e. The molecule has 0 saturated heterocycles. The van der Waals surface area contributed by atoms with E-state index in [0.29, 0.717) is 18.8 Å². The van der Waals surface area contributed by atoms with Crippen molar-refractivity contribution in [1.82, 2.24) is 15.0 Å². The maximum Gasteiger partial charge on any atom is 0.227 e. The molecular weight excluding hydrogens is 420 g/mol. The normalized spacial score (nSPS) is 10.6. The molecule has 2 aromatic carbocycles. The molecule has 0 spiro atoms. The summed E-state index contributed by atoms with van der Waals surface area (Å²) in [6.45, 7) is 1.96. The molecule has 162 valence electrons. The standard InChI is InChI=1S/C24H24N6OS/c1-16-22(32-24(25-2)27-16)20-13-14-26-23(30-20)29-19-10-6-9-18(15-19)28-21(31)12-11-17-7-4-3-5-8-17/h3-10,13-15H,11-12H2,1-2H3,(H,25,27)(H,28,31)(H,26,29,30). The van der Waals surface area contributed by atoms with Crippen LogP contribution in [-0.2, 0) is 11.2 Å². The van der Waals surface area contributed by atoms with Crippen LogP contribution in [0.3, 0.4) is 0 Å². The number of aromatic nitrogens is 3. The number of amides is 1. The Morgan fingerprint density at radius 2 is 1.81 bits per heavy atom. The Kier molecular flexibility index (Phi) is 6.72. The molecule has 2 aromatic heterocycles. The van der Waals surface area contributed by atoms with Crippen LogP contribution >= 0.6 is 11.3 Å². The fourth-order valence-corrected chi connectivity index (χ4v) is 4.11. The number of hydrogen-bond donors (Lipinski definition) is 3. The molecule has 0 atom stereocenters. The van der Waals surface area contributed by atoms with Gasteiger partial charge in [0.2, 0.25) is 11.9 Å². The Morgan fingerprint density at radius 1 is 1.00 bits per heavy atom. The van der Waals surface area contributed by atoms with Crippen molar-refractivity contribution in [2.75, 3.05) is 23.0 Å². The number of anilines is 4. The van der Waals surface area contributed by atoms with Gasteiger partial charge in [0.25, 0.3) is 0 Å². The Hall–Kier alpha value is -3.78. The first-order valence-corrected chi connectivity index (χ1v) is 11.1. The van der Waals surface area contributed by atoms with Crippen LogP contribution in [0.2, 0.25) is 0 Å². The number of rotatable bonds is 8. The smallest absolute Gasteiger partial charge is 0.227 e. The molecule has 32 heavy (non-hydrogen) atoms. The van der Waals surface area contributed by atoms with Crippen LogP contribution in [-0.4, -0.2) is 27.9 Å². The van der Waals surface area contributed by atoms with Gasteiger partial charge >= 0.3 is 0 Å². The van der Waals surface area contributed by atoms with Gasteiger partial charge in [0.1, 0.15) is 0 Å². The van der Waals surface area contributed by atoms with Crippen LogP contribution in [0.4, 0.5) is 22.5 Å². The molecule has 0 unspecified atom stereocenters. The number of thiazole rings is 1. The van der Waals surface area contributed by atoms with E-state index in [1.807, 2.05) is 74.6 Å². The summed E-state index contributed by atoms with van der Waals surface area (Å²) in [5.74, 6) is 0.458. The van der Waals surface area contributed by atoms with Gasteiger partial charge in [-0.05, 0) is 43.2 Å². The molecule has 0 aliphatic rings. The number of aryl methyl sites for hydroxylation is 2. The lowest BCUT2D eigenvalue weighted by atomic mass is 10.1. The van der Waals surface area contributed by atoms with E-state index in [0.717, 1.165) is 38.3 Å². The van der Waals surface area contributed by atoms with Gasteiger partial charge in [-0.3, -0.25) is 4.79 Å². The van der Waals surface area contributed by atoms with Crippen LogP contribution in [0.1, 0.15) is 17.7 Å². The minimum atomic E-state index is -0.0229. The highest BCUT2D eigenvalue weighted by Gasteiger charge is 2.11. The first kappa shape index (κ1) is 21.5. The highest BCUT2D eigenvalue weighted by molar-refractivity contribution is 7.19. The largest absolute Gasteiger partial charge is 0.365 e. The fourth-order valence-electron chi connectivity index (χ4n) is 3.22. The molecule has 0 aliphatic carbocycles. The number of benzene rings is 2. The van der Waals surface area contributed by atoms with Crippen LogP contribution in [0, 0.1) is 6.92 Å². The highest BCUT2D eigenvalue weighted by Crippen LogP contribution is 2.31. The Labute approximate surface area is 191 Å². The molecule has 7 nitrogen and oxygen atoms in total. The predicted octanol–water partition coefficient (Wildman–Crippen LogP) is 5.27. The summed E-state index contributed by atoms with van der Waals surface area (Å²) in [6.07, 6.45) is 2.85. The van der Waals surface area contributed by atoms with Gasteiger partial charge in [0.05, 0.1) is 16.3 Å². The van der Waals surface area contributed by atoms with Gasteiger partial charge in [-0.25, -0.2) is 15.0 Å². The predicted molar refractivity (Wildman–Crippen MR) is 131 cm³/mol. The average Bonchev–Trinajstić information content (AvgIpc) is 3.20. The second-order valence-corrected chi connectivity index (χ2v) is 8.19. The number of hydrogen-bond acceptors (Lipinski definition) is 7. The Bertz CT molecular complexity index is 1210. The van der Waals surface area contributed by atoms with Crippen LogP contribution in [0.15, 0.2) is 66.9 Å². The van der Waals surface area contributed by atoms with Crippen molar-refractivity contribution in [1.29, 1.82) is 0 Å². The van der Waals surface area contributed by atoms with E-state index in [-0.39, 0.29) is 5.91 Å². The fraction of sp³-hybridized carbons (Fsp3) is 0.167. The topological polar surface area (TPSA) is 91.8 Å². The lowest BCUT2D eigenvalue weighted by Gasteiger charge is -2.09. The molecule has 3 N–H and O–H groups in total. The second kappa shape index (κ2) is 10.0. The van der Waals surface area contributed by atoms with Gasteiger partial charge < -0.3 is 16.0 Å². The monoisotopic (exact) mass is 444 g/mol. The van der Waals surface area contributed by atoms with Crippen molar-refractivity contribution >= 4 is 39.7 Å². The van der Waals surface area contributed by atoms with Crippen LogP contribution in [0.5, 0.6) is 0 Å². The molecule has 4 rings (SSSR count). The molecule has 0 saturated carbocycles. The quantitative estimate of drug-likeness (QED) is 0.343. The van der Waals surface area contributed by atoms with E-state index in [2.05, 4.69) is 30.9 Å². The van der Waals surface area contributed by atoms with E-state index >= 15 is 0 Å². The molecule has 0 fully saturated rings. The molecule has 1 amide bonds. The van der Waals surface area contributed by atoms with Crippen LogP contribution in [0.25, 0.3) is 10.6 Å². The first-order valence-electron chi connectivity index (χ1n) is 10.3. The zero-order valence-electron chi connectivity index (χ0n) is 17.9. The van der Waals surface area contributed by atoms with Gasteiger partial charge in [0.15, 0.2) is 5.13 Å². The van der Waals surface area contributed by atoms with Gasteiger partial charge in [-0.15, -0.1) is 0 Å².